The number of carbonyl (C=O) groups excluding carboxylic acids is 2. The molecule has 1 saturated heterocycles. The molecule has 33 heavy (non-hydrogen) atoms. The lowest BCUT2D eigenvalue weighted by Crippen LogP contribution is -2.39. The van der Waals surface area contributed by atoms with Crippen LogP contribution >= 0.6 is 11.8 Å². The monoisotopic (exact) mass is 468 g/mol. The van der Waals surface area contributed by atoms with Gasteiger partial charge in [0.1, 0.15) is 0 Å². The number of esters is 1. The second kappa shape index (κ2) is 10.6. The molecule has 0 spiro atoms. The van der Waals surface area contributed by atoms with Crippen LogP contribution in [0.1, 0.15) is 49.8 Å². The minimum atomic E-state index is -0.400. The van der Waals surface area contributed by atoms with Gasteiger partial charge < -0.3 is 19.9 Å². The van der Waals surface area contributed by atoms with Crippen LogP contribution in [0.25, 0.3) is 0 Å². The molecule has 3 aliphatic heterocycles. The highest BCUT2D eigenvalue weighted by Gasteiger charge is 2.40. The van der Waals surface area contributed by atoms with Crippen molar-refractivity contribution in [2.75, 3.05) is 33.3 Å². The number of hydrogen-bond acceptors (Lipinski definition) is 7. The lowest BCUT2D eigenvalue weighted by molar-refractivity contribution is -0.136. The number of amidine groups is 1. The zero-order valence-corrected chi connectivity index (χ0v) is 20.4. The molecule has 1 fully saturated rings. The van der Waals surface area contributed by atoms with Crippen LogP contribution < -0.4 is 5.32 Å². The molecule has 0 saturated carbocycles. The van der Waals surface area contributed by atoms with Gasteiger partial charge >= 0.3 is 5.97 Å². The highest BCUT2D eigenvalue weighted by molar-refractivity contribution is 8.16. The summed E-state index contributed by atoms with van der Waals surface area (Å²) in [6, 6.07) is 7.74. The first-order valence-corrected chi connectivity index (χ1v) is 12.4. The summed E-state index contributed by atoms with van der Waals surface area (Å²) in [6.07, 6.45) is 4.02. The van der Waals surface area contributed by atoms with Crippen molar-refractivity contribution in [3.8, 4) is 0 Å². The molecule has 0 bridgehead atoms. The van der Waals surface area contributed by atoms with Gasteiger partial charge in [-0.3, -0.25) is 4.79 Å². The Labute approximate surface area is 199 Å². The van der Waals surface area contributed by atoms with E-state index in [0.29, 0.717) is 17.8 Å². The predicted octanol–water partition coefficient (Wildman–Crippen LogP) is 3.74. The van der Waals surface area contributed by atoms with Gasteiger partial charge in [0.15, 0.2) is 5.17 Å². The fraction of sp³-hybridized carbons (Fsp3) is 0.480. The number of hydrogen-bond donors (Lipinski definition) is 1. The summed E-state index contributed by atoms with van der Waals surface area (Å²) in [5.41, 5.74) is 4.10. The van der Waals surface area contributed by atoms with E-state index in [4.69, 9.17) is 4.74 Å². The Balaban J connectivity index is 1.50. The van der Waals surface area contributed by atoms with Crippen LogP contribution in [0.15, 0.2) is 51.6 Å². The highest BCUT2D eigenvalue weighted by atomic mass is 32.2. The van der Waals surface area contributed by atoms with Crippen molar-refractivity contribution >= 4 is 28.8 Å². The average Bonchev–Trinajstić information content (AvgIpc) is 3.20. The van der Waals surface area contributed by atoms with Crippen LogP contribution in [0, 0.1) is 6.92 Å². The molecule has 0 radical (unpaired) electrons. The molecule has 1 amide bonds. The summed E-state index contributed by atoms with van der Waals surface area (Å²) < 4.78 is 5.11. The Bertz CT molecular complexity index is 993. The number of likely N-dealkylation sites (tertiary alicyclic amines) is 1. The summed E-state index contributed by atoms with van der Waals surface area (Å²) in [5, 5.41) is 5.82. The molecule has 1 N–H and O–H groups in total. The molecule has 0 aliphatic carbocycles. The lowest BCUT2D eigenvalue weighted by atomic mass is 9.93. The van der Waals surface area contributed by atoms with Gasteiger partial charge in [-0.2, -0.15) is 0 Å². The number of aliphatic imine (C=N–C) groups is 1. The topological polar surface area (TPSA) is 74.2 Å². The van der Waals surface area contributed by atoms with Crippen LogP contribution in [-0.4, -0.2) is 60.1 Å². The van der Waals surface area contributed by atoms with Crippen molar-refractivity contribution in [1.29, 1.82) is 0 Å². The number of aryl methyl sites for hydroxylation is 1. The maximum Gasteiger partial charge on any atom is 0.338 e. The van der Waals surface area contributed by atoms with Crippen LogP contribution in [0.3, 0.4) is 0 Å². The largest absolute Gasteiger partial charge is 0.466 e. The van der Waals surface area contributed by atoms with Gasteiger partial charge in [-0.25, -0.2) is 9.79 Å². The van der Waals surface area contributed by atoms with Crippen molar-refractivity contribution in [3.63, 3.8) is 0 Å². The summed E-state index contributed by atoms with van der Waals surface area (Å²) in [6.45, 7) is 7.64. The minimum Gasteiger partial charge on any atom is -0.466 e. The van der Waals surface area contributed by atoms with E-state index in [1.54, 1.807) is 0 Å². The third-order valence-electron chi connectivity index (χ3n) is 6.34. The molecule has 3 heterocycles. The van der Waals surface area contributed by atoms with Crippen molar-refractivity contribution in [2.45, 2.75) is 45.6 Å². The van der Waals surface area contributed by atoms with Gasteiger partial charge in [0.25, 0.3) is 0 Å². The molecule has 3 aliphatic rings. The first-order valence-electron chi connectivity index (χ1n) is 11.6. The molecule has 176 valence electrons. The van der Waals surface area contributed by atoms with Crippen molar-refractivity contribution < 1.29 is 14.3 Å². The number of ether oxygens (including phenoxy) is 1. The van der Waals surface area contributed by atoms with Crippen molar-refractivity contribution in [3.05, 3.63) is 57.8 Å². The number of carbonyl (C=O) groups is 2. The Morgan fingerprint density at radius 3 is 2.58 bits per heavy atom. The van der Waals surface area contributed by atoms with Crippen LogP contribution in [0.5, 0.6) is 0 Å². The van der Waals surface area contributed by atoms with E-state index in [2.05, 4.69) is 15.2 Å². The SMILES string of the molecule is COC(=O)C1=C(C)N=C2SC=C(CC(=O)NCCN3CCCCC3)N2C1c1ccc(C)cc1. The lowest BCUT2D eigenvalue weighted by Gasteiger charge is -2.36. The number of amides is 1. The summed E-state index contributed by atoms with van der Waals surface area (Å²) >= 11 is 1.49. The van der Waals surface area contributed by atoms with Crippen molar-refractivity contribution in [2.24, 2.45) is 4.99 Å². The zero-order valence-electron chi connectivity index (χ0n) is 19.6. The Morgan fingerprint density at radius 1 is 1.15 bits per heavy atom. The molecule has 0 aromatic heterocycles. The molecule has 1 unspecified atom stereocenters. The number of benzene rings is 1. The first kappa shape index (κ1) is 23.6. The van der Waals surface area contributed by atoms with Gasteiger partial charge in [-0.1, -0.05) is 48.0 Å². The van der Waals surface area contributed by atoms with E-state index in [1.165, 1.54) is 38.1 Å². The van der Waals surface area contributed by atoms with E-state index >= 15 is 0 Å². The van der Waals surface area contributed by atoms with E-state index in [1.807, 2.05) is 48.4 Å². The number of rotatable bonds is 7. The molecule has 1 atom stereocenters. The first-order chi connectivity index (χ1) is 16.0. The smallest absolute Gasteiger partial charge is 0.338 e. The number of nitrogens with zero attached hydrogens (tertiary/aromatic N) is 3. The van der Waals surface area contributed by atoms with E-state index < -0.39 is 5.97 Å². The van der Waals surface area contributed by atoms with Crippen molar-refractivity contribution in [1.82, 2.24) is 15.1 Å². The van der Waals surface area contributed by atoms with Gasteiger partial charge in [0.2, 0.25) is 5.91 Å². The summed E-state index contributed by atoms with van der Waals surface area (Å²) in [4.78, 5) is 34.6. The van der Waals surface area contributed by atoms with Crippen LogP contribution in [-0.2, 0) is 14.3 Å². The van der Waals surface area contributed by atoms with Crippen LogP contribution in [0.4, 0.5) is 0 Å². The molecular formula is C25H32N4O3S. The third kappa shape index (κ3) is 5.33. The normalized spacial score (nSPS) is 20.8. The number of thioether (sulfide) groups is 1. The number of allylic oxidation sites excluding steroid dienone is 1. The molecule has 1 aromatic carbocycles. The zero-order chi connectivity index (χ0) is 23.4. The summed E-state index contributed by atoms with van der Waals surface area (Å²) in [5.74, 6) is -0.420. The van der Waals surface area contributed by atoms with Gasteiger partial charge in [0.05, 0.1) is 30.8 Å². The van der Waals surface area contributed by atoms with E-state index in [-0.39, 0.29) is 18.4 Å². The number of fused-ring (bicyclic) bond motifs is 1. The molecular weight excluding hydrogens is 436 g/mol. The van der Waals surface area contributed by atoms with Gasteiger partial charge in [-0.15, -0.1) is 0 Å². The Morgan fingerprint density at radius 2 is 1.88 bits per heavy atom. The number of methoxy groups -OCH3 is 1. The second-order valence-corrected chi connectivity index (χ2v) is 9.56. The van der Waals surface area contributed by atoms with E-state index in [9.17, 15) is 9.59 Å². The minimum absolute atomic E-state index is 0.0198. The molecule has 1 aromatic rings. The quantitative estimate of drug-likeness (QED) is 0.615. The maximum atomic E-state index is 12.8. The number of nitrogens with one attached hydrogen (secondary N) is 1. The summed E-state index contributed by atoms with van der Waals surface area (Å²) in [7, 11) is 1.39. The average molecular weight is 469 g/mol. The fourth-order valence-electron chi connectivity index (χ4n) is 4.57. The number of piperidine rings is 1. The maximum absolute atomic E-state index is 12.8. The molecule has 7 nitrogen and oxygen atoms in total. The Hall–Kier alpha value is -2.58. The van der Waals surface area contributed by atoms with Gasteiger partial charge in [0, 0.05) is 18.8 Å². The molecule has 8 heteroatoms. The van der Waals surface area contributed by atoms with Gasteiger partial charge in [-0.05, 0) is 50.8 Å². The third-order valence-corrected chi connectivity index (χ3v) is 7.23. The fourth-order valence-corrected chi connectivity index (χ4v) is 5.53. The second-order valence-electron chi connectivity index (χ2n) is 8.72. The molecule has 4 rings (SSSR count). The Kier molecular flexibility index (Phi) is 7.55. The predicted molar refractivity (Wildman–Crippen MR) is 132 cm³/mol. The highest BCUT2D eigenvalue weighted by Crippen LogP contribution is 2.44. The standard InChI is InChI=1S/C25H32N4O3S/c1-17-7-9-19(10-8-17)23-22(24(31)32-3)18(2)27-25-29(23)20(16-33-25)15-21(30)26-11-14-28-12-5-4-6-13-28/h7-10,16,23H,4-6,11-15H2,1-3H3,(H,26,30). The van der Waals surface area contributed by atoms with E-state index in [0.717, 1.165) is 41.6 Å². The van der Waals surface area contributed by atoms with Crippen LogP contribution in [0.2, 0.25) is 0 Å².